The SMILES string of the molecule is CC(C)[C@@H](C)NC1CCN(c2ccc(N3C(=O)CCC3C)cc2)CC1. The smallest absolute Gasteiger partial charge is 0.227 e. The second-order valence-corrected chi connectivity index (χ2v) is 8.13. The first-order valence-electron chi connectivity index (χ1n) is 9.89. The van der Waals surface area contributed by atoms with Crippen LogP contribution in [0.15, 0.2) is 24.3 Å². The molecule has 3 rings (SSSR count). The summed E-state index contributed by atoms with van der Waals surface area (Å²) in [5, 5.41) is 3.78. The van der Waals surface area contributed by atoms with E-state index in [1.165, 1.54) is 18.5 Å². The number of benzene rings is 1. The van der Waals surface area contributed by atoms with Crippen molar-refractivity contribution in [1.82, 2.24) is 5.32 Å². The van der Waals surface area contributed by atoms with Gasteiger partial charge in [0.25, 0.3) is 0 Å². The van der Waals surface area contributed by atoms with Gasteiger partial charge in [-0.15, -0.1) is 0 Å². The van der Waals surface area contributed by atoms with Crippen LogP contribution in [0.3, 0.4) is 0 Å². The van der Waals surface area contributed by atoms with E-state index < -0.39 is 0 Å². The van der Waals surface area contributed by atoms with Gasteiger partial charge >= 0.3 is 0 Å². The highest BCUT2D eigenvalue weighted by atomic mass is 16.2. The molecule has 1 aromatic carbocycles. The van der Waals surface area contributed by atoms with Crippen LogP contribution < -0.4 is 15.1 Å². The van der Waals surface area contributed by atoms with Crippen LogP contribution in [-0.4, -0.2) is 37.1 Å². The third kappa shape index (κ3) is 4.17. The van der Waals surface area contributed by atoms with E-state index in [2.05, 4.69) is 62.2 Å². The summed E-state index contributed by atoms with van der Waals surface area (Å²) < 4.78 is 0. The largest absolute Gasteiger partial charge is 0.371 e. The van der Waals surface area contributed by atoms with Gasteiger partial charge in [0.2, 0.25) is 5.91 Å². The van der Waals surface area contributed by atoms with E-state index >= 15 is 0 Å². The highest BCUT2D eigenvalue weighted by molar-refractivity contribution is 5.96. The molecule has 25 heavy (non-hydrogen) atoms. The molecule has 2 aliphatic rings. The summed E-state index contributed by atoms with van der Waals surface area (Å²) in [6.07, 6.45) is 4.04. The van der Waals surface area contributed by atoms with Gasteiger partial charge in [0.05, 0.1) is 0 Å². The number of amides is 1. The van der Waals surface area contributed by atoms with Gasteiger partial charge in [-0.3, -0.25) is 4.79 Å². The minimum Gasteiger partial charge on any atom is -0.371 e. The maximum Gasteiger partial charge on any atom is 0.227 e. The van der Waals surface area contributed by atoms with Crippen molar-refractivity contribution >= 4 is 17.3 Å². The molecular formula is C21H33N3O. The molecule has 0 radical (unpaired) electrons. The predicted molar refractivity (Wildman–Crippen MR) is 105 cm³/mol. The molecule has 2 fully saturated rings. The van der Waals surface area contributed by atoms with Crippen molar-refractivity contribution < 1.29 is 4.79 Å². The first kappa shape index (κ1) is 18.2. The number of hydrogen-bond donors (Lipinski definition) is 1. The van der Waals surface area contributed by atoms with Gasteiger partial charge in [0.15, 0.2) is 0 Å². The van der Waals surface area contributed by atoms with Crippen LogP contribution in [0.1, 0.15) is 53.4 Å². The number of rotatable bonds is 5. The molecule has 2 aliphatic heterocycles. The number of hydrogen-bond acceptors (Lipinski definition) is 3. The van der Waals surface area contributed by atoms with Gasteiger partial charge in [-0.1, -0.05) is 13.8 Å². The molecule has 0 aliphatic carbocycles. The Bertz CT molecular complexity index is 575. The maximum absolute atomic E-state index is 12.1. The topological polar surface area (TPSA) is 35.6 Å². The Morgan fingerprint density at radius 3 is 2.12 bits per heavy atom. The molecular weight excluding hydrogens is 310 g/mol. The Balaban J connectivity index is 1.56. The van der Waals surface area contributed by atoms with E-state index in [1.54, 1.807) is 0 Å². The minimum atomic E-state index is 0.256. The van der Waals surface area contributed by atoms with E-state index in [0.29, 0.717) is 30.5 Å². The van der Waals surface area contributed by atoms with Crippen LogP contribution in [0.25, 0.3) is 0 Å². The monoisotopic (exact) mass is 343 g/mol. The summed E-state index contributed by atoms with van der Waals surface area (Å²) >= 11 is 0. The first-order chi connectivity index (χ1) is 12.0. The van der Waals surface area contributed by atoms with Gasteiger partial charge in [0.1, 0.15) is 0 Å². The van der Waals surface area contributed by atoms with Crippen LogP contribution in [-0.2, 0) is 4.79 Å². The fourth-order valence-corrected chi connectivity index (χ4v) is 3.92. The fraction of sp³-hybridized carbons (Fsp3) is 0.667. The van der Waals surface area contributed by atoms with Crippen molar-refractivity contribution in [2.75, 3.05) is 22.9 Å². The Hall–Kier alpha value is -1.55. The second-order valence-electron chi connectivity index (χ2n) is 8.13. The number of nitrogens with zero attached hydrogens (tertiary/aromatic N) is 2. The molecule has 138 valence electrons. The predicted octanol–water partition coefficient (Wildman–Crippen LogP) is 3.80. The van der Waals surface area contributed by atoms with Crippen molar-refractivity contribution in [1.29, 1.82) is 0 Å². The van der Waals surface area contributed by atoms with Crippen LogP contribution in [0.2, 0.25) is 0 Å². The standard InChI is InChI=1S/C21H33N3O/c1-15(2)17(4)22-18-11-13-23(14-12-18)19-6-8-20(9-7-19)24-16(3)5-10-21(24)25/h6-9,15-18,22H,5,10-14H2,1-4H3/t16?,17-/m1/s1. The molecule has 2 heterocycles. The molecule has 2 atom stereocenters. The zero-order valence-electron chi connectivity index (χ0n) is 16.2. The van der Waals surface area contributed by atoms with E-state index in [0.717, 1.165) is 25.2 Å². The van der Waals surface area contributed by atoms with Gasteiger partial charge < -0.3 is 15.1 Å². The second kappa shape index (κ2) is 7.77. The third-order valence-electron chi connectivity index (χ3n) is 5.97. The number of piperidine rings is 1. The third-order valence-corrected chi connectivity index (χ3v) is 5.97. The summed E-state index contributed by atoms with van der Waals surface area (Å²) in [4.78, 5) is 16.5. The lowest BCUT2D eigenvalue weighted by molar-refractivity contribution is -0.117. The summed E-state index contributed by atoms with van der Waals surface area (Å²) in [5.74, 6) is 0.938. The molecule has 0 saturated carbocycles. The van der Waals surface area contributed by atoms with Crippen LogP contribution in [0, 0.1) is 5.92 Å². The fourth-order valence-electron chi connectivity index (χ4n) is 3.92. The van der Waals surface area contributed by atoms with Gasteiger partial charge in [0, 0.05) is 49.0 Å². The maximum atomic E-state index is 12.1. The normalized spacial score (nSPS) is 23.6. The zero-order chi connectivity index (χ0) is 18.0. The summed E-state index contributed by atoms with van der Waals surface area (Å²) in [5.41, 5.74) is 2.32. The molecule has 1 unspecified atom stereocenters. The lowest BCUT2D eigenvalue weighted by atomic mass is 10.00. The van der Waals surface area contributed by atoms with Crippen molar-refractivity contribution in [3.8, 4) is 0 Å². The van der Waals surface area contributed by atoms with Crippen LogP contribution >= 0.6 is 0 Å². The minimum absolute atomic E-state index is 0.256. The van der Waals surface area contributed by atoms with Crippen LogP contribution in [0.5, 0.6) is 0 Å². The summed E-state index contributed by atoms with van der Waals surface area (Å²) in [6, 6.07) is 10.1. The van der Waals surface area contributed by atoms with E-state index in [-0.39, 0.29) is 5.91 Å². The van der Waals surface area contributed by atoms with Gasteiger partial charge in [-0.25, -0.2) is 0 Å². The number of anilines is 2. The van der Waals surface area contributed by atoms with Gasteiger partial charge in [-0.2, -0.15) is 0 Å². The molecule has 0 spiro atoms. The molecule has 4 nitrogen and oxygen atoms in total. The molecule has 1 aromatic rings. The highest BCUT2D eigenvalue weighted by Crippen LogP contribution is 2.29. The Labute approximate surface area is 152 Å². The number of nitrogens with one attached hydrogen (secondary N) is 1. The van der Waals surface area contributed by atoms with E-state index in [9.17, 15) is 4.79 Å². The molecule has 2 saturated heterocycles. The van der Waals surface area contributed by atoms with E-state index in [1.807, 2.05) is 4.90 Å². The molecule has 1 amide bonds. The molecule has 0 bridgehead atoms. The Morgan fingerprint density at radius 1 is 1.00 bits per heavy atom. The summed E-state index contributed by atoms with van der Waals surface area (Å²) in [7, 11) is 0. The van der Waals surface area contributed by atoms with Crippen molar-refractivity contribution in [2.24, 2.45) is 5.92 Å². The lowest BCUT2D eigenvalue weighted by Gasteiger charge is -2.36. The number of carbonyl (C=O) groups excluding carboxylic acids is 1. The molecule has 0 aromatic heterocycles. The zero-order valence-corrected chi connectivity index (χ0v) is 16.2. The lowest BCUT2D eigenvalue weighted by Crippen LogP contribution is -2.46. The van der Waals surface area contributed by atoms with Crippen LogP contribution in [0.4, 0.5) is 11.4 Å². The Morgan fingerprint density at radius 2 is 1.60 bits per heavy atom. The van der Waals surface area contributed by atoms with Crippen molar-refractivity contribution in [2.45, 2.75) is 71.5 Å². The highest BCUT2D eigenvalue weighted by Gasteiger charge is 2.29. The average molecular weight is 344 g/mol. The molecule has 4 heteroatoms. The van der Waals surface area contributed by atoms with E-state index in [4.69, 9.17) is 0 Å². The quantitative estimate of drug-likeness (QED) is 0.883. The average Bonchev–Trinajstić information content (AvgIpc) is 2.94. The Kier molecular flexibility index (Phi) is 5.67. The summed E-state index contributed by atoms with van der Waals surface area (Å²) in [6.45, 7) is 11.2. The van der Waals surface area contributed by atoms with Crippen molar-refractivity contribution in [3.63, 3.8) is 0 Å². The van der Waals surface area contributed by atoms with Gasteiger partial charge in [-0.05, 0) is 63.3 Å². The molecule has 1 N–H and O–H groups in total. The number of carbonyl (C=O) groups is 1. The van der Waals surface area contributed by atoms with Crippen molar-refractivity contribution in [3.05, 3.63) is 24.3 Å². The first-order valence-corrected chi connectivity index (χ1v) is 9.89.